The van der Waals surface area contributed by atoms with Gasteiger partial charge < -0.3 is 10.6 Å². The number of nitrogens with zero attached hydrogens (tertiary/aromatic N) is 2. The summed E-state index contributed by atoms with van der Waals surface area (Å²) < 4.78 is 14.9. The summed E-state index contributed by atoms with van der Waals surface area (Å²) in [5.41, 5.74) is 3.84. The fourth-order valence-corrected chi connectivity index (χ4v) is 3.11. The second-order valence-corrected chi connectivity index (χ2v) is 6.84. The highest BCUT2D eigenvalue weighted by Crippen LogP contribution is 2.20. The van der Waals surface area contributed by atoms with Crippen LogP contribution < -0.4 is 10.6 Å². The molecule has 0 aliphatic carbocycles. The van der Waals surface area contributed by atoms with E-state index in [1.165, 1.54) is 18.2 Å². The summed E-state index contributed by atoms with van der Waals surface area (Å²) in [5, 5.41) is 9.92. The number of nitrogens with one attached hydrogen (secondary N) is 2. The topological polar surface area (TPSA) is 76.0 Å². The first kappa shape index (κ1) is 21.7. The third kappa shape index (κ3) is 5.14. The number of hydrogen-bond donors (Lipinski definition) is 2. The maximum absolute atomic E-state index is 13.2. The van der Waals surface area contributed by atoms with Crippen LogP contribution in [0.4, 0.5) is 10.1 Å². The molecule has 0 saturated carbocycles. The number of amides is 2. The van der Waals surface area contributed by atoms with E-state index in [2.05, 4.69) is 22.3 Å². The van der Waals surface area contributed by atoms with E-state index in [1.807, 2.05) is 13.8 Å². The number of carbonyl (C=O) groups is 2. The van der Waals surface area contributed by atoms with Crippen LogP contribution in [0.15, 0.2) is 67.3 Å². The molecular weight excluding hydrogens is 395 g/mol. The van der Waals surface area contributed by atoms with Crippen molar-refractivity contribution in [2.45, 2.75) is 13.8 Å². The van der Waals surface area contributed by atoms with E-state index in [0.29, 0.717) is 17.8 Å². The molecule has 3 aromatic rings. The Labute approximate surface area is 180 Å². The van der Waals surface area contributed by atoms with Crippen LogP contribution in [-0.2, 0) is 4.79 Å². The van der Waals surface area contributed by atoms with Crippen LogP contribution in [0, 0.1) is 19.7 Å². The number of aromatic nitrogens is 2. The van der Waals surface area contributed by atoms with E-state index in [4.69, 9.17) is 0 Å². The van der Waals surface area contributed by atoms with Gasteiger partial charge in [0.05, 0.1) is 22.6 Å². The van der Waals surface area contributed by atoms with Crippen LogP contribution in [-0.4, -0.2) is 28.1 Å². The summed E-state index contributed by atoms with van der Waals surface area (Å²) in [6.45, 7) is 7.62. The molecule has 0 aliphatic rings. The Bertz CT molecular complexity index is 1150. The third-order valence-electron chi connectivity index (χ3n) is 4.66. The molecule has 3 rings (SSSR count). The average Bonchev–Trinajstić information content (AvgIpc) is 3.04. The number of rotatable bonds is 7. The van der Waals surface area contributed by atoms with E-state index in [9.17, 15) is 14.0 Å². The largest absolute Gasteiger partial charge is 0.349 e. The molecule has 0 spiro atoms. The Morgan fingerprint density at radius 1 is 1.13 bits per heavy atom. The summed E-state index contributed by atoms with van der Waals surface area (Å²) in [7, 11) is 0. The minimum Gasteiger partial charge on any atom is -0.349 e. The molecule has 7 heteroatoms. The summed E-state index contributed by atoms with van der Waals surface area (Å²) in [4.78, 5) is 24.8. The van der Waals surface area contributed by atoms with Gasteiger partial charge >= 0.3 is 0 Å². The molecular formula is C24H23FN4O2. The highest BCUT2D eigenvalue weighted by Gasteiger charge is 2.13. The van der Waals surface area contributed by atoms with E-state index in [-0.39, 0.29) is 17.6 Å². The molecule has 0 unspecified atom stereocenters. The standard InChI is InChI=1S/C24H23FN4O2/c1-4-15-26-24(31)21-7-5-6-8-22(21)27-23(30)14-13-20-16(2)28-29(17(20)3)19-11-9-18(25)10-12-19/h4-14H,1,15H2,2-3H3,(H,26,31)(H,27,30)/b14-13+. The van der Waals surface area contributed by atoms with Crippen LogP contribution in [0.5, 0.6) is 0 Å². The van der Waals surface area contributed by atoms with E-state index in [1.54, 1.807) is 53.2 Å². The van der Waals surface area contributed by atoms with Crippen molar-refractivity contribution < 1.29 is 14.0 Å². The minimum absolute atomic E-state index is 0.299. The van der Waals surface area contributed by atoms with Crippen LogP contribution in [0.2, 0.25) is 0 Å². The van der Waals surface area contributed by atoms with Gasteiger partial charge in [0.15, 0.2) is 0 Å². The van der Waals surface area contributed by atoms with Crippen LogP contribution in [0.25, 0.3) is 11.8 Å². The minimum atomic E-state index is -0.377. The molecule has 2 amide bonds. The van der Waals surface area contributed by atoms with Gasteiger partial charge in [-0.3, -0.25) is 9.59 Å². The van der Waals surface area contributed by atoms with E-state index in [0.717, 1.165) is 22.6 Å². The molecule has 0 bridgehead atoms. The highest BCUT2D eigenvalue weighted by molar-refractivity contribution is 6.07. The van der Waals surface area contributed by atoms with E-state index >= 15 is 0 Å². The number of carbonyl (C=O) groups excluding carboxylic acids is 2. The molecule has 0 atom stereocenters. The average molecular weight is 418 g/mol. The molecule has 6 nitrogen and oxygen atoms in total. The van der Waals surface area contributed by atoms with Crippen molar-refractivity contribution >= 4 is 23.6 Å². The molecule has 0 aliphatic heterocycles. The van der Waals surface area contributed by atoms with Crippen LogP contribution >= 0.6 is 0 Å². The molecule has 2 N–H and O–H groups in total. The second kappa shape index (κ2) is 9.67. The summed E-state index contributed by atoms with van der Waals surface area (Å²) in [5.74, 6) is -0.995. The number of benzene rings is 2. The number of hydrogen-bond acceptors (Lipinski definition) is 3. The maximum atomic E-state index is 13.2. The molecule has 0 fully saturated rings. The lowest BCUT2D eigenvalue weighted by Gasteiger charge is -2.09. The Balaban J connectivity index is 1.78. The predicted octanol–water partition coefficient (Wildman–Crippen LogP) is 4.20. The Morgan fingerprint density at radius 2 is 1.84 bits per heavy atom. The predicted molar refractivity (Wildman–Crippen MR) is 120 cm³/mol. The number of halogens is 1. The zero-order valence-corrected chi connectivity index (χ0v) is 17.4. The van der Waals surface area contributed by atoms with Crippen molar-refractivity contribution in [3.63, 3.8) is 0 Å². The normalized spacial score (nSPS) is 10.8. The van der Waals surface area contributed by atoms with Crippen molar-refractivity contribution in [3.05, 3.63) is 95.6 Å². The van der Waals surface area contributed by atoms with Gasteiger partial charge in [-0.25, -0.2) is 9.07 Å². The molecule has 0 saturated heterocycles. The first-order chi connectivity index (χ1) is 14.9. The molecule has 31 heavy (non-hydrogen) atoms. The van der Waals surface area contributed by atoms with E-state index < -0.39 is 0 Å². The second-order valence-electron chi connectivity index (χ2n) is 6.84. The number of aryl methyl sites for hydroxylation is 1. The van der Waals surface area contributed by atoms with Gasteiger partial charge in [-0.05, 0) is 56.3 Å². The Hall–Kier alpha value is -4.00. The molecule has 1 heterocycles. The zero-order valence-electron chi connectivity index (χ0n) is 17.4. The van der Waals surface area contributed by atoms with Crippen LogP contribution in [0.3, 0.4) is 0 Å². The summed E-state index contributed by atoms with van der Waals surface area (Å²) in [6.07, 6.45) is 4.65. The van der Waals surface area contributed by atoms with Crippen molar-refractivity contribution in [1.82, 2.24) is 15.1 Å². The number of anilines is 1. The van der Waals surface area contributed by atoms with Gasteiger partial charge in [-0.15, -0.1) is 6.58 Å². The van der Waals surface area contributed by atoms with Crippen LogP contribution in [0.1, 0.15) is 27.3 Å². The fourth-order valence-electron chi connectivity index (χ4n) is 3.11. The first-order valence-corrected chi connectivity index (χ1v) is 9.70. The SMILES string of the molecule is C=CCNC(=O)c1ccccc1NC(=O)/C=C/c1c(C)nn(-c2ccc(F)cc2)c1C. The monoisotopic (exact) mass is 418 g/mol. The molecule has 158 valence electrons. The Kier molecular flexibility index (Phi) is 6.77. The van der Waals surface area contributed by atoms with Crippen molar-refractivity contribution in [2.75, 3.05) is 11.9 Å². The lowest BCUT2D eigenvalue weighted by atomic mass is 10.1. The van der Waals surface area contributed by atoms with Crippen molar-refractivity contribution in [3.8, 4) is 5.69 Å². The zero-order chi connectivity index (χ0) is 22.4. The van der Waals surface area contributed by atoms with Crippen molar-refractivity contribution in [1.29, 1.82) is 0 Å². The van der Waals surface area contributed by atoms with Gasteiger partial charge in [-0.1, -0.05) is 18.2 Å². The molecule has 1 aromatic heterocycles. The Morgan fingerprint density at radius 3 is 2.55 bits per heavy atom. The first-order valence-electron chi connectivity index (χ1n) is 9.70. The lowest BCUT2D eigenvalue weighted by Crippen LogP contribution is -2.24. The molecule has 2 aromatic carbocycles. The summed E-state index contributed by atoms with van der Waals surface area (Å²) >= 11 is 0. The van der Waals surface area contributed by atoms with Gasteiger partial charge in [0, 0.05) is 23.9 Å². The van der Waals surface area contributed by atoms with Gasteiger partial charge in [0.2, 0.25) is 5.91 Å². The maximum Gasteiger partial charge on any atom is 0.253 e. The number of para-hydroxylation sites is 1. The molecule has 0 radical (unpaired) electrons. The fraction of sp³-hybridized carbons (Fsp3) is 0.125. The quantitative estimate of drug-likeness (QED) is 0.446. The van der Waals surface area contributed by atoms with Gasteiger partial charge in [0.25, 0.3) is 5.91 Å². The summed E-state index contributed by atoms with van der Waals surface area (Å²) in [6, 6.07) is 12.8. The van der Waals surface area contributed by atoms with Crippen molar-refractivity contribution in [2.24, 2.45) is 0 Å². The highest BCUT2D eigenvalue weighted by atomic mass is 19.1. The smallest absolute Gasteiger partial charge is 0.253 e. The lowest BCUT2D eigenvalue weighted by molar-refractivity contribution is -0.111. The third-order valence-corrected chi connectivity index (χ3v) is 4.66. The van der Waals surface area contributed by atoms with Gasteiger partial charge in [-0.2, -0.15) is 5.10 Å². The van der Waals surface area contributed by atoms with Gasteiger partial charge in [0.1, 0.15) is 5.82 Å².